The minimum atomic E-state index is -0.210. The first-order valence-electron chi connectivity index (χ1n) is 9.93. The second kappa shape index (κ2) is 9.14. The molecule has 0 fully saturated rings. The Hall–Kier alpha value is -4.45. The summed E-state index contributed by atoms with van der Waals surface area (Å²) in [5.41, 5.74) is 2.57. The Bertz CT molecular complexity index is 1310. The average molecular weight is 428 g/mol. The highest BCUT2D eigenvalue weighted by Gasteiger charge is 2.12. The summed E-state index contributed by atoms with van der Waals surface area (Å²) in [7, 11) is 1.51. The number of aromatic amines is 1. The van der Waals surface area contributed by atoms with Crippen molar-refractivity contribution in [3.05, 3.63) is 65.7 Å². The van der Waals surface area contributed by atoms with E-state index in [1.165, 1.54) is 7.11 Å². The van der Waals surface area contributed by atoms with Crippen LogP contribution in [-0.2, 0) is 17.6 Å². The van der Waals surface area contributed by atoms with Crippen molar-refractivity contribution in [3.63, 3.8) is 0 Å². The van der Waals surface area contributed by atoms with Crippen molar-refractivity contribution in [1.82, 2.24) is 20.2 Å². The lowest BCUT2D eigenvalue weighted by Crippen LogP contribution is -2.15. The van der Waals surface area contributed by atoms with Gasteiger partial charge in [0, 0.05) is 35.1 Å². The number of carbonyl (C=O) groups excluding carboxylic acids is 1. The minimum absolute atomic E-state index is 0.109. The number of rotatable bonds is 7. The van der Waals surface area contributed by atoms with Crippen molar-refractivity contribution in [2.75, 3.05) is 12.4 Å². The molecule has 1 aromatic carbocycles. The highest BCUT2D eigenvalue weighted by atomic mass is 16.5. The van der Waals surface area contributed by atoms with E-state index in [-0.39, 0.29) is 12.3 Å². The molecule has 1 amide bonds. The predicted octanol–water partition coefficient (Wildman–Crippen LogP) is 3.77. The minimum Gasteiger partial charge on any atom is -0.495 e. The van der Waals surface area contributed by atoms with E-state index in [2.05, 4.69) is 31.6 Å². The Kier molecular flexibility index (Phi) is 5.94. The van der Waals surface area contributed by atoms with Crippen LogP contribution in [0.25, 0.3) is 10.9 Å². The van der Waals surface area contributed by atoms with Gasteiger partial charge < -0.3 is 14.8 Å². The number of aromatic nitrogens is 4. The molecule has 9 nitrogen and oxygen atoms in total. The summed E-state index contributed by atoms with van der Waals surface area (Å²) in [4.78, 5) is 20.9. The zero-order chi connectivity index (χ0) is 22.5. The first kappa shape index (κ1) is 20.8. The maximum absolute atomic E-state index is 12.2. The first-order valence-corrected chi connectivity index (χ1v) is 9.93. The van der Waals surface area contributed by atoms with Gasteiger partial charge in [-0.15, -0.1) is 0 Å². The summed E-state index contributed by atoms with van der Waals surface area (Å²) in [5, 5.41) is 19.7. The Morgan fingerprint density at radius 1 is 1.19 bits per heavy atom. The van der Waals surface area contributed by atoms with Crippen LogP contribution < -0.4 is 14.8 Å². The SMILES string of the molecule is CCc1cc(NC(=O)Cc2ccc(Oc3ccnc4cc(OC)c(C#N)cc34)cn2)n[nH]1. The van der Waals surface area contributed by atoms with E-state index in [0.29, 0.717) is 45.2 Å². The summed E-state index contributed by atoms with van der Waals surface area (Å²) in [6, 6.07) is 12.5. The van der Waals surface area contributed by atoms with Gasteiger partial charge in [-0.1, -0.05) is 6.92 Å². The van der Waals surface area contributed by atoms with Crippen LogP contribution in [0.3, 0.4) is 0 Å². The molecule has 0 saturated carbocycles. The highest BCUT2D eigenvalue weighted by Crippen LogP contribution is 2.32. The van der Waals surface area contributed by atoms with Crippen LogP contribution >= 0.6 is 0 Å². The molecule has 0 aliphatic heterocycles. The fraction of sp³-hybridized carbons (Fsp3) is 0.174. The third-order valence-electron chi connectivity index (χ3n) is 4.79. The van der Waals surface area contributed by atoms with Gasteiger partial charge in [-0.05, 0) is 30.7 Å². The largest absolute Gasteiger partial charge is 0.495 e. The molecule has 0 atom stereocenters. The Morgan fingerprint density at radius 3 is 2.75 bits per heavy atom. The number of fused-ring (bicyclic) bond motifs is 1. The summed E-state index contributed by atoms with van der Waals surface area (Å²) >= 11 is 0. The van der Waals surface area contributed by atoms with Gasteiger partial charge in [0.1, 0.15) is 23.3 Å². The van der Waals surface area contributed by atoms with E-state index >= 15 is 0 Å². The number of aryl methyl sites for hydroxylation is 1. The van der Waals surface area contributed by atoms with Crippen LogP contribution in [0.4, 0.5) is 5.82 Å². The number of carbonyl (C=O) groups is 1. The molecule has 0 bridgehead atoms. The number of ether oxygens (including phenoxy) is 2. The number of hydrogen-bond acceptors (Lipinski definition) is 7. The lowest BCUT2D eigenvalue weighted by molar-refractivity contribution is -0.115. The maximum atomic E-state index is 12.2. The zero-order valence-corrected chi connectivity index (χ0v) is 17.5. The number of nitrogens with one attached hydrogen (secondary N) is 2. The molecule has 3 aromatic heterocycles. The van der Waals surface area contributed by atoms with Gasteiger partial charge in [-0.3, -0.25) is 19.9 Å². The van der Waals surface area contributed by atoms with E-state index in [1.807, 2.05) is 6.92 Å². The molecule has 0 aliphatic rings. The molecule has 0 saturated heterocycles. The van der Waals surface area contributed by atoms with Crippen molar-refractivity contribution >= 4 is 22.6 Å². The number of benzene rings is 1. The summed E-state index contributed by atoms with van der Waals surface area (Å²) < 4.78 is 11.2. The van der Waals surface area contributed by atoms with E-state index in [1.54, 1.807) is 48.8 Å². The molecule has 0 unspecified atom stereocenters. The zero-order valence-electron chi connectivity index (χ0n) is 17.5. The second-order valence-corrected chi connectivity index (χ2v) is 6.93. The molecule has 2 N–H and O–H groups in total. The first-order chi connectivity index (χ1) is 15.6. The number of nitrogens with zero attached hydrogens (tertiary/aromatic N) is 4. The van der Waals surface area contributed by atoms with Crippen LogP contribution in [0.2, 0.25) is 0 Å². The summed E-state index contributed by atoms with van der Waals surface area (Å²) in [6.07, 6.45) is 4.09. The molecule has 4 rings (SSSR count). The molecule has 4 aromatic rings. The summed E-state index contributed by atoms with van der Waals surface area (Å²) in [5.74, 6) is 1.76. The smallest absolute Gasteiger partial charge is 0.231 e. The normalized spacial score (nSPS) is 10.5. The molecule has 32 heavy (non-hydrogen) atoms. The number of anilines is 1. The Labute approximate surface area is 184 Å². The third kappa shape index (κ3) is 4.49. The van der Waals surface area contributed by atoms with Gasteiger partial charge in [0.15, 0.2) is 5.82 Å². The van der Waals surface area contributed by atoms with Gasteiger partial charge in [0.25, 0.3) is 0 Å². The molecule has 9 heteroatoms. The molecular formula is C23H20N6O3. The van der Waals surface area contributed by atoms with Crippen LogP contribution in [0.1, 0.15) is 23.9 Å². The molecule has 0 radical (unpaired) electrons. The lowest BCUT2D eigenvalue weighted by Gasteiger charge is -2.10. The topological polar surface area (TPSA) is 126 Å². The van der Waals surface area contributed by atoms with Gasteiger partial charge in [-0.25, -0.2) is 0 Å². The van der Waals surface area contributed by atoms with Crippen LogP contribution in [0.5, 0.6) is 17.2 Å². The number of H-pyrrole nitrogens is 1. The van der Waals surface area contributed by atoms with Crippen molar-refractivity contribution < 1.29 is 14.3 Å². The Balaban J connectivity index is 1.47. The molecular weight excluding hydrogens is 408 g/mol. The van der Waals surface area contributed by atoms with Gasteiger partial charge in [0.05, 0.1) is 30.8 Å². The molecule has 0 spiro atoms. The molecule has 160 valence electrons. The quantitative estimate of drug-likeness (QED) is 0.459. The Morgan fingerprint density at radius 2 is 2.06 bits per heavy atom. The van der Waals surface area contributed by atoms with Crippen molar-refractivity contribution in [1.29, 1.82) is 5.26 Å². The monoisotopic (exact) mass is 428 g/mol. The number of methoxy groups -OCH3 is 1. The lowest BCUT2D eigenvalue weighted by atomic mass is 10.1. The second-order valence-electron chi connectivity index (χ2n) is 6.93. The number of hydrogen-bond donors (Lipinski definition) is 2. The molecule has 3 heterocycles. The fourth-order valence-electron chi connectivity index (χ4n) is 3.15. The van der Waals surface area contributed by atoms with Gasteiger partial charge in [0.2, 0.25) is 5.91 Å². The van der Waals surface area contributed by atoms with E-state index in [4.69, 9.17) is 9.47 Å². The number of pyridine rings is 2. The van der Waals surface area contributed by atoms with E-state index < -0.39 is 0 Å². The van der Waals surface area contributed by atoms with Crippen LogP contribution in [-0.4, -0.2) is 33.2 Å². The van der Waals surface area contributed by atoms with Gasteiger partial charge in [-0.2, -0.15) is 10.4 Å². The highest BCUT2D eigenvalue weighted by molar-refractivity contribution is 5.91. The number of nitriles is 1. The molecule has 0 aliphatic carbocycles. The number of amides is 1. The van der Waals surface area contributed by atoms with Crippen molar-refractivity contribution in [2.24, 2.45) is 0 Å². The summed E-state index contributed by atoms with van der Waals surface area (Å²) in [6.45, 7) is 2.00. The van der Waals surface area contributed by atoms with Crippen molar-refractivity contribution in [3.8, 4) is 23.3 Å². The van der Waals surface area contributed by atoms with Crippen molar-refractivity contribution in [2.45, 2.75) is 19.8 Å². The third-order valence-corrected chi connectivity index (χ3v) is 4.79. The fourth-order valence-corrected chi connectivity index (χ4v) is 3.15. The van der Waals surface area contributed by atoms with Crippen LogP contribution in [0.15, 0.2) is 48.8 Å². The average Bonchev–Trinajstić information content (AvgIpc) is 3.27. The van der Waals surface area contributed by atoms with Crippen LogP contribution in [0, 0.1) is 11.3 Å². The standard InChI is InChI=1S/C23H20N6O3/c1-3-15-9-22(29-28-15)27-23(30)10-16-4-5-17(13-26-16)32-20-6-7-25-19-11-21(31-2)14(12-24)8-18(19)20/h4-9,11,13H,3,10H2,1-2H3,(H2,27,28,29,30). The maximum Gasteiger partial charge on any atom is 0.231 e. The predicted molar refractivity (Wildman–Crippen MR) is 118 cm³/mol. The van der Waals surface area contributed by atoms with E-state index in [0.717, 1.165) is 12.1 Å². The van der Waals surface area contributed by atoms with E-state index in [9.17, 15) is 10.1 Å². The van der Waals surface area contributed by atoms with Gasteiger partial charge >= 0.3 is 0 Å².